The van der Waals surface area contributed by atoms with E-state index in [0.717, 1.165) is 40.5 Å². The smallest absolute Gasteiger partial charge is 0.407 e. The topological polar surface area (TPSA) is 105 Å². The molecule has 0 fully saturated rings. The molecular weight excluding hydrogens is 386 g/mol. The molecule has 0 bridgehead atoms. The van der Waals surface area contributed by atoms with E-state index in [4.69, 9.17) is 10.5 Å². The van der Waals surface area contributed by atoms with Crippen LogP contribution < -0.4 is 11.1 Å². The van der Waals surface area contributed by atoms with Gasteiger partial charge in [0.25, 0.3) is 0 Å². The zero-order valence-corrected chi connectivity index (χ0v) is 17.2. The van der Waals surface area contributed by atoms with Crippen LogP contribution >= 0.6 is 11.3 Å². The Balaban J connectivity index is 1.57. The number of nitrogens with zero attached hydrogens (tertiary/aromatic N) is 2. The molecule has 0 aliphatic rings. The van der Waals surface area contributed by atoms with Crippen molar-refractivity contribution in [1.29, 1.82) is 0 Å². The number of rotatable bonds is 9. The Kier molecular flexibility index (Phi) is 7.40. The van der Waals surface area contributed by atoms with Crippen molar-refractivity contribution in [3.8, 4) is 11.3 Å². The first-order chi connectivity index (χ1) is 14.2. The Morgan fingerprint density at radius 2 is 2.24 bits per heavy atom. The minimum absolute atomic E-state index is 0.270. The maximum absolute atomic E-state index is 11.6. The highest BCUT2D eigenvalue weighted by Crippen LogP contribution is 2.23. The molecule has 0 spiro atoms. The first-order valence-electron chi connectivity index (χ1n) is 9.58. The number of aliphatic imine (C=N–C) groups is 1. The normalized spacial score (nSPS) is 11.4. The summed E-state index contributed by atoms with van der Waals surface area (Å²) in [4.78, 5) is 24.6. The lowest BCUT2D eigenvalue weighted by molar-refractivity contribution is 0.147. The van der Waals surface area contributed by atoms with Crippen molar-refractivity contribution in [2.24, 2.45) is 10.7 Å². The van der Waals surface area contributed by atoms with Crippen LogP contribution in [0.3, 0.4) is 0 Å². The fourth-order valence-electron chi connectivity index (χ4n) is 2.66. The molecule has 7 nitrogen and oxygen atoms in total. The lowest BCUT2D eigenvalue weighted by Crippen LogP contribution is -2.26. The van der Waals surface area contributed by atoms with Crippen molar-refractivity contribution in [2.45, 2.75) is 26.2 Å². The van der Waals surface area contributed by atoms with E-state index in [2.05, 4.69) is 27.2 Å². The number of imidazole rings is 1. The SMILES string of the molecule is CCCCNC(=O)OCCc1ncc(-c2cccc(N=C(N)c3cccs3)c2)[nH]1. The monoisotopic (exact) mass is 411 g/mol. The summed E-state index contributed by atoms with van der Waals surface area (Å²) in [6, 6.07) is 11.7. The van der Waals surface area contributed by atoms with Crippen LogP contribution in [0.25, 0.3) is 11.3 Å². The molecule has 1 aromatic carbocycles. The number of amidine groups is 1. The van der Waals surface area contributed by atoms with Crippen LogP contribution in [-0.4, -0.2) is 35.0 Å². The van der Waals surface area contributed by atoms with Gasteiger partial charge in [0, 0.05) is 18.5 Å². The molecule has 29 heavy (non-hydrogen) atoms. The van der Waals surface area contributed by atoms with Crippen LogP contribution in [0.2, 0.25) is 0 Å². The van der Waals surface area contributed by atoms with Crippen molar-refractivity contribution in [3.05, 3.63) is 58.7 Å². The van der Waals surface area contributed by atoms with Gasteiger partial charge in [-0.3, -0.25) is 0 Å². The van der Waals surface area contributed by atoms with E-state index in [1.165, 1.54) is 0 Å². The van der Waals surface area contributed by atoms with Gasteiger partial charge in [-0.25, -0.2) is 14.8 Å². The fourth-order valence-corrected chi connectivity index (χ4v) is 3.28. The molecule has 152 valence electrons. The van der Waals surface area contributed by atoms with Gasteiger partial charge < -0.3 is 20.8 Å². The third-order valence-corrected chi connectivity index (χ3v) is 5.07. The summed E-state index contributed by atoms with van der Waals surface area (Å²) in [7, 11) is 0. The fraction of sp³-hybridized carbons (Fsp3) is 0.286. The average Bonchev–Trinajstić information content (AvgIpc) is 3.41. The zero-order chi connectivity index (χ0) is 20.5. The number of nitrogens with one attached hydrogen (secondary N) is 2. The predicted octanol–water partition coefficient (Wildman–Crippen LogP) is 4.24. The molecule has 3 rings (SSSR count). The van der Waals surface area contributed by atoms with Crippen LogP contribution in [0.5, 0.6) is 0 Å². The van der Waals surface area contributed by atoms with E-state index in [-0.39, 0.29) is 12.7 Å². The Morgan fingerprint density at radius 1 is 1.34 bits per heavy atom. The van der Waals surface area contributed by atoms with E-state index >= 15 is 0 Å². The van der Waals surface area contributed by atoms with Gasteiger partial charge in [-0.05, 0) is 30.0 Å². The van der Waals surface area contributed by atoms with Crippen molar-refractivity contribution in [1.82, 2.24) is 15.3 Å². The number of hydrogen-bond acceptors (Lipinski definition) is 5. The van der Waals surface area contributed by atoms with Crippen LogP contribution in [0.15, 0.2) is 53.0 Å². The molecule has 0 saturated carbocycles. The number of alkyl carbamates (subject to hydrolysis) is 1. The number of carbonyl (C=O) groups is 1. The molecule has 0 saturated heterocycles. The number of aromatic amines is 1. The van der Waals surface area contributed by atoms with E-state index in [1.807, 2.05) is 41.8 Å². The summed E-state index contributed by atoms with van der Waals surface area (Å²) in [5.74, 6) is 1.25. The number of aromatic nitrogens is 2. The number of carbonyl (C=O) groups excluding carboxylic acids is 1. The van der Waals surface area contributed by atoms with Gasteiger partial charge in [-0.2, -0.15) is 0 Å². The largest absolute Gasteiger partial charge is 0.449 e. The second-order valence-electron chi connectivity index (χ2n) is 6.43. The molecule has 4 N–H and O–H groups in total. The molecule has 0 unspecified atom stereocenters. The number of amides is 1. The molecule has 0 aliphatic heterocycles. The first kappa shape index (κ1) is 20.6. The summed E-state index contributed by atoms with van der Waals surface area (Å²) in [5.41, 5.74) is 8.68. The highest BCUT2D eigenvalue weighted by molar-refractivity contribution is 7.12. The summed E-state index contributed by atoms with van der Waals surface area (Å²) < 4.78 is 5.17. The van der Waals surface area contributed by atoms with E-state index < -0.39 is 0 Å². The molecule has 2 heterocycles. The minimum Gasteiger partial charge on any atom is -0.449 e. The van der Waals surface area contributed by atoms with E-state index in [1.54, 1.807) is 17.5 Å². The van der Waals surface area contributed by atoms with Gasteiger partial charge in [0.05, 0.1) is 22.5 Å². The van der Waals surface area contributed by atoms with Crippen LogP contribution in [0.1, 0.15) is 30.5 Å². The van der Waals surface area contributed by atoms with Crippen molar-refractivity contribution >= 4 is 29.0 Å². The highest BCUT2D eigenvalue weighted by Gasteiger charge is 2.07. The Hall–Kier alpha value is -3.13. The number of benzene rings is 1. The maximum Gasteiger partial charge on any atom is 0.407 e. The third kappa shape index (κ3) is 6.18. The minimum atomic E-state index is -0.390. The van der Waals surface area contributed by atoms with Crippen molar-refractivity contribution in [3.63, 3.8) is 0 Å². The summed E-state index contributed by atoms with van der Waals surface area (Å²) >= 11 is 1.56. The highest BCUT2D eigenvalue weighted by atomic mass is 32.1. The van der Waals surface area contributed by atoms with E-state index in [9.17, 15) is 4.79 Å². The zero-order valence-electron chi connectivity index (χ0n) is 16.4. The summed E-state index contributed by atoms with van der Waals surface area (Å²) in [5, 5.41) is 4.69. The number of hydrogen-bond donors (Lipinski definition) is 3. The molecular formula is C21H25N5O2S. The first-order valence-corrected chi connectivity index (χ1v) is 10.5. The van der Waals surface area contributed by atoms with Gasteiger partial charge in [0.15, 0.2) is 0 Å². The van der Waals surface area contributed by atoms with Gasteiger partial charge in [-0.1, -0.05) is 31.5 Å². The van der Waals surface area contributed by atoms with Crippen molar-refractivity contribution < 1.29 is 9.53 Å². The molecule has 0 radical (unpaired) electrons. The predicted molar refractivity (Wildman–Crippen MR) is 117 cm³/mol. The van der Waals surface area contributed by atoms with Crippen molar-refractivity contribution in [2.75, 3.05) is 13.2 Å². The number of thiophene rings is 1. The maximum atomic E-state index is 11.6. The lowest BCUT2D eigenvalue weighted by atomic mass is 10.1. The standard InChI is InChI=1S/C21H25N5O2S/c1-2-3-10-23-21(27)28-11-9-19-24-14-17(26-19)15-6-4-7-16(13-15)25-20(22)18-8-5-12-29-18/h4-8,12-14H,2-3,9-11H2,1H3,(H2,22,25)(H,23,27)(H,24,26). The second kappa shape index (κ2) is 10.4. The van der Waals surface area contributed by atoms with E-state index in [0.29, 0.717) is 18.8 Å². The summed E-state index contributed by atoms with van der Waals surface area (Å²) in [6.45, 7) is 2.98. The molecule has 0 aliphatic carbocycles. The second-order valence-corrected chi connectivity index (χ2v) is 7.38. The van der Waals surface area contributed by atoms with Gasteiger partial charge >= 0.3 is 6.09 Å². The van der Waals surface area contributed by atoms with Gasteiger partial charge in [-0.15, -0.1) is 11.3 Å². The molecule has 8 heteroatoms. The average molecular weight is 412 g/mol. The van der Waals surface area contributed by atoms with Gasteiger partial charge in [0.1, 0.15) is 18.3 Å². The Bertz CT molecular complexity index is 950. The molecule has 1 amide bonds. The number of ether oxygens (including phenoxy) is 1. The van der Waals surface area contributed by atoms with Crippen LogP contribution in [-0.2, 0) is 11.2 Å². The number of nitrogens with two attached hydrogens (primary N) is 1. The quantitative estimate of drug-likeness (QED) is 0.278. The third-order valence-electron chi connectivity index (χ3n) is 4.18. The summed E-state index contributed by atoms with van der Waals surface area (Å²) in [6.07, 6.45) is 3.87. The van der Waals surface area contributed by atoms with Crippen LogP contribution in [0.4, 0.5) is 10.5 Å². The molecule has 3 aromatic rings. The Morgan fingerprint density at radius 3 is 3.03 bits per heavy atom. The van der Waals surface area contributed by atoms with Gasteiger partial charge in [0.2, 0.25) is 0 Å². The Labute approximate surface area is 174 Å². The van der Waals surface area contributed by atoms with Crippen LogP contribution in [0, 0.1) is 0 Å². The molecule has 0 atom stereocenters. The lowest BCUT2D eigenvalue weighted by Gasteiger charge is -2.05. The number of unbranched alkanes of at least 4 members (excludes halogenated alkanes) is 1. The number of H-pyrrole nitrogens is 1. The molecule has 2 aromatic heterocycles.